The number of halogens is 2. The highest BCUT2D eigenvalue weighted by Gasteiger charge is 2.09. The van der Waals surface area contributed by atoms with Gasteiger partial charge in [-0.3, -0.25) is 9.48 Å². The van der Waals surface area contributed by atoms with E-state index in [1.54, 1.807) is 29.1 Å². The fraction of sp³-hybridized carbons (Fsp3) is 0.0435. The largest absolute Gasteiger partial charge is 0.305 e. The summed E-state index contributed by atoms with van der Waals surface area (Å²) in [4.78, 5) is 12.5. The van der Waals surface area contributed by atoms with E-state index in [-0.39, 0.29) is 5.91 Å². The van der Waals surface area contributed by atoms with E-state index in [0.29, 0.717) is 28.0 Å². The number of benzene rings is 3. The van der Waals surface area contributed by atoms with Crippen LogP contribution < -0.4 is 5.32 Å². The molecular formula is C23H17Cl2N3O. The minimum absolute atomic E-state index is 0.209. The van der Waals surface area contributed by atoms with E-state index >= 15 is 0 Å². The number of hydrogen-bond acceptors (Lipinski definition) is 2. The summed E-state index contributed by atoms with van der Waals surface area (Å²) in [6, 6.07) is 24.6. The van der Waals surface area contributed by atoms with Crippen molar-refractivity contribution in [3.05, 3.63) is 106 Å². The third-order valence-electron chi connectivity index (χ3n) is 4.48. The van der Waals surface area contributed by atoms with Crippen LogP contribution >= 0.6 is 23.2 Å². The van der Waals surface area contributed by atoms with Gasteiger partial charge in [-0.15, -0.1) is 0 Å². The number of anilines is 1. The SMILES string of the molecule is O=C(Nc1ccn(Cc2ccc(Cl)cc2Cl)n1)c1ccc(-c2ccccc2)cc1. The molecule has 144 valence electrons. The highest BCUT2D eigenvalue weighted by Crippen LogP contribution is 2.22. The zero-order valence-corrected chi connectivity index (χ0v) is 16.9. The first-order chi connectivity index (χ1) is 14.1. The third kappa shape index (κ3) is 4.67. The van der Waals surface area contributed by atoms with E-state index in [1.807, 2.05) is 60.7 Å². The average Bonchev–Trinajstić information content (AvgIpc) is 3.18. The summed E-state index contributed by atoms with van der Waals surface area (Å²) in [7, 11) is 0. The zero-order chi connectivity index (χ0) is 20.2. The number of rotatable bonds is 5. The summed E-state index contributed by atoms with van der Waals surface area (Å²) in [5, 5.41) is 8.38. The van der Waals surface area contributed by atoms with Gasteiger partial charge in [-0.25, -0.2) is 0 Å². The van der Waals surface area contributed by atoms with Gasteiger partial charge < -0.3 is 5.32 Å². The van der Waals surface area contributed by atoms with Gasteiger partial charge >= 0.3 is 0 Å². The minimum Gasteiger partial charge on any atom is -0.305 e. The molecule has 0 bridgehead atoms. The van der Waals surface area contributed by atoms with E-state index < -0.39 is 0 Å². The van der Waals surface area contributed by atoms with Crippen LogP contribution in [-0.4, -0.2) is 15.7 Å². The van der Waals surface area contributed by atoms with Crippen molar-refractivity contribution in [1.29, 1.82) is 0 Å². The molecule has 0 saturated carbocycles. The summed E-state index contributed by atoms with van der Waals surface area (Å²) in [6.45, 7) is 0.484. The fourth-order valence-electron chi connectivity index (χ4n) is 2.97. The molecule has 1 N–H and O–H groups in total. The lowest BCUT2D eigenvalue weighted by molar-refractivity contribution is 0.102. The first-order valence-electron chi connectivity index (χ1n) is 9.03. The van der Waals surface area contributed by atoms with Gasteiger partial charge in [0, 0.05) is 27.9 Å². The highest BCUT2D eigenvalue weighted by atomic mass is 35.5. The van der Waals surface area contributed by atoms with Crippen LogP contribution in [0.1, 0.15) is 15.9 Å². The second kappa shape index (κ2) is 8.52. The van der Waals surface area contributed by atoms with Crippen LogP contribution in [0.4, 0.5) is 5.82 Å². The van der Waals surface area contributed by atoms with E-state index in [9.17, 15) is 4.79 Å². The number of hydrogen-bond donors (Lipinski definition) is 1. The molecule has 0 atom stereocenters. The molecule has 4 nitrogen and oxygen atoms in total. The molecule has 0 aliphatic rings. The smallest absolute Gasteiger partial charge is 0.256 e. The van der Waals surface area contributed by atoms with Crippen molar-refractivity contribution in [3.8, 4) is 11.1 Å². The second-order valence-electron chi connectivity index (χ2n) is 6.53. The molecule has 3 aromatic carbocycles. The molecule has 0 spiro atoms. The molecule has 6 heteroatoms. The normalized spacial score (nSPS) is 10.7. The number of carbonyl (C=O) groups excluding carboxylic acids is 1. The molecule has 0 aliphatic heterocycles. The number of carbonyl (C=O) groups is 1. The van der Waals surface area contributed by atoms with Crippen LogP contribution in [0, 0.1) is 0 Å². The molecule has 0 saturated heterocycles. The Morgan fingerprint density at radius 3 is 2.34 bits per heavy atom. The molecule has 4 rings (SSSR count). The van der Waals surface area contributed by atoms with Gasteiger partial charge in [-0.1, -0.05) is 71.7 Å². The van der Waals surface area contributed by atoms with Crippen molar-refractivity contribution in [2.75, 3.05) is 5.32 Å². The number of nitrogens with zero attached hydrogens (tertiary/aromatic N) is 2. The summed E-state index contributed by atoms with van der Waals surface area (Å²) in [5.41, 5.74) is 3.64. The molecule has 4 aromatic rings. The van der Waals surface area contributed by atoms with Gasteiger partial charge in [0.05, 0.1) is 6.54 Å². The summed E-state index contributed by atoms with van der Waals surface area (Å²) >= 11 is 12.1. The summed E-state index contributed by atoms with van der Waals surface area (Å²) in [6.07, 6.45) is 1.79. The summed E-state index contributed by atoms with van der Waals surface area (Å²) < 4.78 is 1.71. The predicted molar refractivity (Wildman–Crippen MR) is 118 cm³/mol. The van der Waals surface area contributed by atoms with E-state index in [2.05, 4.69) is 10.4 Å². The number of aromatic nitrogens is 2. The van der Waals surface area contributed by atoms with Crippen molar-refractivity contribution in [3.63, 3.8) is 0 Å². The second-order valence-corrected chi connectivity index (χ2v) is 7.38. The van der Waals surface area contributed by atoms with Crippen molar-refractivity contribution in [2.45, 2.75) is 6.54 Å². The van der Waals surface area contributed by atoms with Crippen LogP contribution in [0.2, 0.25) is 10.0 Å². The lowest BCUT2D eigenvalue weighted by atomic mass is 10.0. The quantitative estimate of drug-likeness (QED) is 0.419. The van der Waals surface area contributed by atoms with Gasteiger partial charge in [0.15, 0.2) is 5.82 Å². The van der Waals surface area contributed by atoms with Gasteiger partial charge in [-0.2, -0.15) is 5.10 Å². The molecule has 0 unspecified atom stereocenters. The third-order valence-corrected chi connectivity index (χ3v) is 5.07. The van der Waals surface area contributed by atoms with Crippen molar-refractivity contribution in [2.24, 2.45) is 0 Å². The van der Waals surface area contributed by atoms with Gasteiger partial charge in [0.25, 0.3) is 5.91 Å². The predicted octanol–water partition coefficient (Wildman–Crippen LogP) is 6.16. The van der Waals surface area contributed by atoms with Crippen molar-refractivity contribution < 1.29 is 4.79 Å². The maximum atomic E-state index is 12.5. The molecule has 0 radical (unpaired) electrons. The number of nitrogens with one attached hydrogen (secondary N) is 1. The molecule has 1 aromatic heterocycles. The van der Waals surface area contributed by atoms with E-state index in [1.165, 1.54) is 0 Å². The molecular weight excluding hydrogens is 405 g/mol. The Morgan fingerprint density at radius 1 is 0.897 bits per heavy atom. The highest BCUT2D eigenvalue weighted by molar-refractivity contribution is 6.35. The maximum Gasteiger partial charge on any atom is 0.256 e. The van der Waals surface area contributed by atoms with E-state index in [4.69, 9.17) is 23.2 Å². The van der Waals surface area contributed by atoms with Crippen LogP contribution in [-0.2, 0) is 6.54 Å². The lowest BCUT2D eigenvalue weighted by Gasteiger charge is -2.06. The van der Waals surface area contributed by atoms with Crippen LogP contribution in [0.25, 0.3) is 11.1 Å². The van der Waals surface area contributed by atoms with Crippen LogP contribution in [0.15, 0.2) is 85.1 Å². The van der Waals surface area contributed by atoms with Crippen molar-refractivity contribution in [1.82, 2.24) is 9.78 Å². The molecule has 0 aliphatic carbocycles. The molecule has 0 fully saturated rings. The maximum absolute atomic E-state index is 12.5. The Kier molecular flexibility index (Phi) is 5.65. The monoisotopic (exact) mass is 421 g/mol. The van der Waals surface area contributed by atoms with Gasteiger partial charge in [-0.05, 0) is 41.0 Å². The minimum atomic E-state index is -0.209. The van der Waals surface area contributed by atoms with Crippen molar-refractivity contribution >= 4 is 34.9 Å². The zero-order valence-electron chi connectivity index (χ0n) is 15.3. The Labute approximate surface area is 178 Å². The van der Waals surface area contributed by atoms with Gasteiger partial charge in [0.2, 0.25) is 0 Å². The van der Waals surface area contributed by atoms with Crippen LogP contribution in [0.3, 0.4) is 0 Å². The lowest BCUT2D eigenvalue weighted by Crippen LogP contribution is -2.12. The van der Waals surface area contributed by atoms with Gasteiger partial charge in [0.1, 0.15) is 0 Å². The average molecular weight is 422 g/mol. The van der Waals surface area contributed by atoms with E-state index in [0.717, 1.165) is 16.7 Å². The standard InChI is InChI=1S/C23H17Cl2N3O/c24-20-11-10-19(21(25)14-20)15-28-13-12-22(27-28)26-23(29)18-8-6-17(7-9-18)16-4-2-1-3-5-16/h1-14H,15H2,(H,26,27,29). The Morgan fingerprint density at radius 2 is 1.62 bits per heavy atom. The fourth-order valence-corrected chi connectivity index (χ4v) is 3.44. The summed E-state index contributed by atoms with van der Waals surface area (Å²) in [5.74, 6) is 0.270. The Balaban J connectivity index is 1.42. The Bertz CT molecular complexity index is 1140. The molecule has 1 amide bonds. The Hall–Kier alpha value is -3.08. The first-order valence-corrected chi connectivity index (χ1v) is 9.78. The van der Waals surface area contributed by atoms with Crippen LogP contribution in [0.5, 0.6) is 0 Å². The topological polar surface area (TPSA) is 46.9 Å². The molecule has 1 heterocycles. The number of amides is 1. The molecule has 29 heavy (non-hydrogen) atoms. The first kappa shape index (κ1) is 19.2.